The second-order valence-corrected chi connectivity index (χ2v) is 12.9. The Morgan fingerprint density at radius 1 is 0.812 bits per heavy atom. The summed E-state index contributed by atoms with van der Waals surface area (Å²) in [5.41, 5.74) is 4.11. The summed E-state index contributed by atoms with van der Waals surface area (Å²) < 4.78 is 56.8. The topological polar surface area (TPSA) is 83.6 Å². The number of sulfonamides is 2. The molecule has 0 fully saturated rings. The maximum absolute atomic E-state index is 13.2. The Morgan fingerprint density at radius 2 is 1.56 bits per heavy atom. The van der Waals surface area contributed by atoms with Crippen molar-refractivity contribution in [1.29, 1.82) is 0 Å². The van der Waals surface area contributed by atoms with E-state index in [2.05, 4.69) is 4.72 Å². The molecule has 0 amide bonds. The van der Waals surface area contributed by atoms with Crippen LogP contribution in [0.5, 0.6) is 0 Å². The molecule has 1 N–H and O–H groups in total. The molecular weight excluding hydrogens is 464 g/mol. The van der Waals surface area contributed by atoms with Gasteiger partial charge in [0, 0.05) is 6.54 Å². The molecule has 168 valence electrons. The van der Waals surface area contributed by atoms with E-state index < -0.39 is 20.0 Å². The van der Waals surface area contributed by atoms with E-state index in [4.69, 9.17) is 0 Å². The first-order valence-corrected chi connectivity index (χ1v) is 14.5. The second-order valence-electron chi connectivity index (χ2n) is 8.20. The Kier molecular flexibility index (Phi) is 5.51. The van der Waals surface area contributed by atoms with Crippen molar-refractivity contribution < 1.29 is 16.8 Å². The number of anilines is 2. The minimum absolute atomic E-state index is 0.235. The normalized spacial score (nSPS) is 16.3. The highest BCUT2D eigenvalue weighted by Gasteiger charge is 2.30. The van der Waals surface area contributed by atoms with Crippen molar-refractivity contribution in [2.75, 3.05) is 15.6 Å². The van der Waals surface area contributed by atoms with Crippen LogP contribution in [0.25, 0.3) is 0 Å². The van der Waals surface area contributed by atoms with E-state index in [0.717, 1.165) is 49.7 Å². The summed E-state index contributed by atoms with van der Waals surface area (Å²) in [6, 6.07) is 13.8. The lowest BCUT2D eigenvalue weighted by Crippen LogP contribution is -2.35. The molecule has 1 aliphatic carbocycles. The SMILES string of the molecule is O=S(=O)(Nc1ccc2c(c1)N(S(=O)(=O)c1cccs1)CCC2)c1ccc2c(c1)CCCC2. The van der Waals surface area contributed by atoms with Crippen LogP contribution in [0.15, 0.2) is 63.0 Å². The first kappa shape index (κ1) is 21.5. The van der Waals surface area contributed by atoms with Gasteiger partial charge in [0.1, 0.15) is 4.21 Å². The van der Waals surface area contributed by atoms with E-state index >= 15 is 0 Å². The maximum Gasteiger partial charge on any atom is 0.273 e. The predicted molar refractivity (Wildman–Crippen MR) is 128 cm³/mol. The fourth-order valence-corrected chi connectivity index (χ4v) is 8.20. The molecule has 9 heteroatoms. The summed E-state index contributed by atoms with van der Waals surface area (Å²) in [5, 5.41) is 1.74. The summed E-state index contributed by atoms with van der Waals surface area (Å²) in [6.45, 7) is 0.369. The third kappa shape index (κ3) is 3.93. The summed E-state index contributed by atoms with van der Waals surface area (Å²) in [4.78, 5) is 0.235. The van der Waals surface area contributed by atoms with Crippen LogP contribution in [0.2, 0.25) is 0 Å². The Bertz CT molecular complexity index is 1360. The van der Waals surface area contributed by atoms with Crippen molar-refractivity contribution in [2.45, 2.75) is 47.6 Å². The van der Waals surface area contributed by atoms with Crippen LogP contribution >= 0.6 is 11.3 Å². The number of thiophene rings is 1. The monoisotopic (exact) mass is 488 g/mol. The molecule has 0 saturated carbocycles. The first-order chi connectivity index (χ1) is 15.3. The largest absolute Gasteiger partial charge is 0.280 e. The van der Waals surface area contributed by atoms with Crippen LogP contribution in [-0.2, 0) is 39.3 Å². The molecule has 5 rings (SSSR count). The molecule has 2 aromatic carbocycles. The van der Waals surface area contributed by atoms with Gasteiger partial charge in [-0.1, -0.05) is 18.2 Å². The van der Waals surface area contributed by atoms with E-state index in [1.54, 1.807) is 41.8 Å². The third-order valence-electron chi connectivity index (χ3n) is 6.08. The van der Waals surface area contributed by atoms with Gasteiger partial charge in [-0.3, -0.25) is 9.03 Å². The fraction of sp³-hybridized carbons (Fsp3) is 0.304. The quantitative estimate of drug-likeness (QED) is 0.570. The molecule has 0 bridgehead atoms. The number of hydrogen-bond donors (Lipinski definition) is 1. The number of hydrogen-bond acceptors (Lipinski definition) is 5. The summed E-state index contributed by atoms with van der Waals surface area (Å²) >= 11 is 1.18. The molecule has 0 radical (unpaired) electrons. The van der Waals surface area contributed by atoms with Crippen LogP contribution in [-0.4, -0.2) is 23.4 Å². The average Bonchev–Trinajstić information content (AvgIpc) is 3.34. The number of fused-ring (bicyclic) bond motifs is 2. The van der Waals surface area contributed by atoms with Crippen molar-refractivity contribution in [1.82, 2.24) is 0 Å². The highest BCUT2D eigenvalue weighted by atomic mass is 32.2. The smallest absolute Gasteiger partial charge is 0.273 e. The molecule has 32 heavy (non-hydrogen) atoms. The average molecular weight is 489 g/mol. The zero-order valence-corrected chi connectivity index (χ0v) is 19.9. The van der Waals surface area contributed by atoms with Gasteiger partial charge in [-0.2, -0.15) is 0 Å². The Morgan fingerprint density at radius 3 is 2.34 bits per heavy atom. The Labute approximate surface area is 193 Å². The molecular formula is C23H24N2O4S3. The van der Waals surface area contributed by atoms with E-state index in [0.29, 0.717) is 17.9 Å². The Hall–Kier alpha value is -2.36. The van der Waals surface area contributed by atoms with Crippen molar-refractivity contribution in [3.63, 3.8) is 0 Å². The van der Waals surface area contributed by atoms with Gasteiger partial charge in [-0.25, -0.2) is 16.8 Å². The number of nitrogens with one attached hydrogen (secondary N) is 1. The minimum Gasteiger partial charge on any atom is -0.280 e. The van der Waals surface area contributed by atoms with Gasteiger partial charge in [0.2, 0.25) is 0 Å². The zero-order valence-electron chi connectivity index (χ0n) is 17.5. The third-order valence-corrected chi connectivity index (χ3v) is 10.6. The molecule has 1 aliphatic heterocycles. The van der Waals surface area contributed by atoms with Gasteiger partial charge in [0.25, 0.3) is 20.0 Å². The molecule has 0 atom stereocenters. The highest BCUT2D eigenvalue weighted by molar-refractivity contribution is 7.94. The van der Waals surface area contributed by atoms with Crippen LogP contribution in [0.4, 0.5) is 11.4 Å². The van der Waals surface area contributed by atoms with Gasteiger partial charge < -0.3 is 0 Å². The van der Waals surface area contributed by atoms with Crippen molar-refractivity contribution in [2.24, 2.45) is 0 Å². The lowest BCUT2D eigenvalue weighted by atomic mass is 9.92. The maximum atomic E-state index is 13.2. The zero-order chi connectivity index (χ0) is 22.3. The van der Waals surface area contributed by atoms with Crippen molar-refractivity contribution in [3.05, 3.63) is 70.6 Å². The molecule has 2 aliphatic rings. The van der Waals surface area contributed by atoms with E-state index in [9.17, 15) is 16.8 Å². The molecule has 0 spiro atoms. The van der Waals surface area contributed by atoms with Gasteiger partial charge in [-0.15, -0.1) is 11.3 Å². The molecule has 0 saturated heterocycles. The molecule has 3 aromatic rings. The van der Waals surface area contributed by atoms with Gasteiger partial charge >= 0.3 is 0 Å². The number of aryl methyl sites for hydroxylation is 3. The van der Waals surface area contributed by atoms with E-state index in [1.165, 1.54) is 21.2 Å². The number of rotatable bonds is 5. The number of benzene rings is 2. The number of nitrogens with zero attached hydrogens (tertiary/aromatic N) is 1. The first-order valence-electron chi connectivity index (χ1n) is 10.7. The van der Waals surface area contributed by atoms with Crippen molar-refractivity contribution in [3.8, 4) is 0 Å². The van der Waals surface area contributed by atoms with Gasteiger partial charge in [0.05, 0.1) is 16.3 Å². The standard InChI is InChI=1S/C23H24N2O4S3/c26-31(27,21-12-10-17-5-1-2-6-19(17)15-21)24-20-11-9-18-7-3-13-25(22(18)16-20)32(28,29)23-8-4-14-30-23/h4,8-12,14-16,24H,1-3,5-7,13H2. The molecule has 0 unspecified atom stereocenters. The molecule has 1 aromatic heterocycles. The fourth-order valence-electron chi connectivity index (χ4n) is 4.46. The highest BCUT2D eigenvalue weighted by Crippen LogP contribution is 2.36. The molecule has 6 nitrogen and oxygen atoms in total. The second kappa shape index (κ2) is 8.20. The van der Waals surface area contributed by atoms with Gasteiger partial charge in [-0.05, 0) is 90.9 Å². The minimum atomic E-state index is -3.79. The van der Waals surface area contributed by atoms with E-state index in [1.807, 2.05) is 12.1 Å². The van der Waals surface area contributed by atoms with Crippen LogP contribution in [0, 0.1) is 0 Å². The summed E-state index contributed by atoms with van der Waals surface area (Å²) in [6.07, 6.45) is 5.57. The van der Waals surface area contributed by atoms with Crippen molar-refractivity contribution >= 4 is 42.8 Å². The van der Waals surface area contributed by atoms with Gasteiger partial charge in [0.15, 0.2) is 0 Å². The van der Waals surface area contributed by atoms with Crippen LogP contribution < -0.4 is 9.03 Å². The summed E-state index contributed by atoms with van der Waals surface area (Å²) in [7, 11) is -7.47. The Balaban J connectivity index is 1.47. The van der Waals surface area contributed by atoms with Crippen LogP contribution in [0.3, 0.4) is 0 Å². The summed E-state index contributed by atoms with van der Waals surface area (Å²) in [5.74, 6) is 0. The lowest BCUT2D eigenvalue weighted by Gasteiger charge is -2.30. The lowest BCUT2D eigenvalue weighted by molar-refractivity contribution is 0.588. The van der Waals surface area contributed by atoms with Crippen LogP contribution in [0.1, 0.15) is 36.0 Å². The van der Waals surface area contributed by atoms with E-state index in [-0.39, 0.29) is 9.10 Å². The predicted octanol–water partition coefficient (Wildman–Crippen LogP) is 4.57. The molecule has 2 heterocycles.